The van der Waals surface area contributed by atoms with E-state index < -0.39 is 5.97 Å². The normalized spacial score (nSPS) is 7.12. The Bertz CT molecular complexity index is 125. The van der Waals surface area contributed by atoms with Crippen molar-refractivity contribution in [2.75, 3.05) is 0 Å². The Hall–Kier alpha value is 2.10. The number of carboxylic acid groups (broad SMARTS) is 1. The standard InChI is InChI=1S/C10H20O2.2Ce.3O/c1-2-3-4-5-6-7-8-9-10(11)12;;;;;/h2-9H2,1H3,(H,11,12);;;;;/q;2*+3;3*-2. The quantitative estimate of drug-likeness (QED) is 0.515. The van der Waals surface area contributed by atoms with Crippen LogP contribution in [0.15, 0.2) is 0 Å². The molecule has 0 saturated heterocycles. The molecule has 0 heterocycles. The zero-order chi connectivity index (χ0) is 9.23. The van der Waals surface area contributed by atoms with Crippen LogP contribution in [0.5, 0.6) is 0 Å². The maximum atomic E-state index is 10.1. The first-order chi connectivity index (χ1) is 5.77. The maximum Gasteiger partial charge on any atom is 3.00 e. The van der Waals surface area contributed by atoms with Crippen LogP contribution < -0.4 is 0 Å². The fraction of sp³-hybridized carbons (Fsp3) is 0.900. The van der Waals surface area contributed by atoms with Gasteiger partial charge < -0.3 is 21.5 Å². The predicted octanol–water partition coefficient (Wildman–Crippen LogP) is 2.86. The molecular formula is C10H20Ce2O5. The molecule has 0 amide bonds. The minimum atomic E-state index is -0.663. The summed E-state index contributed by atoms with van der Waals surface area (Å²) in [4.78, 5) is 10.1. The number of carboxylic acids is 1. The molecule has 0 aliphatic carbocycles. The Morgan fingerprint density at radius 1 is 0.824 bits per heavy atom. The molecule has 0 aliphatic heterocycles. The van der Waals surface area contributed by atoms with Crippen molar-refractivity contribution < 1.29 is 110 Å². The molecule has 1 N–H and O–H groups in total. The maximum absolute atomic E-state index is 10.1. The Morgan fingerprint density at radius 3 is 1.53 bits per heavy atom. The number of unbranched alkanes of at least 4 members (excludes halogenated alkanes) is 6. The Morgan fingerprint density at radius 2 is 1.18 bits per heavy atom. The third-order valence-electron chi connectivity index (χ3n) is 1.99. The molecule has 0 fully saturated rings. The van der Waals surface area contributed by atoms with Crippen LogP contribution in [0.1, 0.15) is 58.3 Å². The SMILES string of the molecule is CCCCCCCCCC(=O)O.[Ce+3].[Ce+3].[O-2].[O-2].[O-2]. The number of carbonyl (C=O) groups is 1. The van der Waals surface area contributed by atoms with E-state index in [-0.39, 0.29) is 99.9 Å². The molecule has 0 aromatic heterocycles. The number of rotatable bonds is 8. The van der Waals surface area contributed by atoms with Crippen molar-refractivity contribution in [3.05, 3.63) is 0 Å². The van der Waals surface area contributed by atoms with Gasteiger partial charge >= 0.3 is 89.5 Å². The van der Waals surface area contributed by atoms with Crippen molar-refractivity contribution in [2.24, 2.45) is 0 Å². The Labute approximate surface area is 171 Å². The molecule has 0 aromatic rings. The van der Waals surface area contributed by atoms with Gasteiger partial charge in [-0.2, -0.15) is 0 Å². The van der Waals surface area contributed by atoms with Gasteiger partial charge in [-0.15, -0.1) is 0 Å². The molecule has 0 bridgehead atoms. The van der Waals surface area contributed by atoms with Crippen LogP contribution in [0.2, 0.25) is 0 Å². The summed E-state index contributed by atoms with van der Waals surface area (Å²) in [7, 11) is 0. The molecule has 0 aromatic carbocycles. The first-order valence-electron chi connectivity index (χ1n) is 4.99. The Kier molecular flexibility index (Phi) is 66.2. The van der Waals surface area contributed by atoms with Gasteiger partial charge in [-0.1, -0.05) is 45.4 Å². The van der Waals surface area contributed by atoms with Gasteiger partial charge in [0.2, 0.25) is 0 Å². The first-order valence-corrected chi connectivity index (χ1v) is 4.99. The second-order valence-electron chi connectivity index (χ2n) is 3.27. The molecule has 0 aliphatic rings. The van der Waals surface area contributed by atoms with Gasteiger partial charge in [-0.3, -0.25) is 4.79 Å². The smallest absolute Gasteiger partial charge is 2.00 e. The summed E-state index contributed by atoms with van der Waals surface area (Å²) in [5.41, 5.74) is 0. The third kappa shape index (κ3) is 38.1. The van der Waals surface area contributed by atoms with Crippen molar-refractivity contribution in [2.45, 2.75) is 58.3 Å². The van der Waals surface area contributed by atoms with E-state index in [1.807, 2.05) is 0 Å². The number of aliphatic carboxylic acids is 1. The van der Waals surface area contributed by atoms with Crippen molar-refractivity contribution in [1.29, 1.82) is 0 Å². The molecule has 0 unspecified atom stereocenters. The van der Waals surface area contributed by atoms with E-state index >= 15 is 0 Å². The zero-order valence-electron chi connectivity index (χ0n) is 10.2. The van der Waals surface area contributed by atoms with Gasteiger partial charge in [-0.05, 0) is 6.42 Å². The minimum Gasteiger partial charge on any atom is -2.00 e. The second-order valence-corrected chi connectivity index (χ2v) is 3.27. The molecule has 17 heavy (non-hydrogen) atoms. The van der Waals surface area contributed by atoms with Crippen molar-refractivity contribution in [3.8, 4) is 0 Å². The van der Waals surface area contributed by atoms with E-state index in [1.54, 1.807) is 0 Å². The summed E-state index contributed by atoms with van der Waals surface area (Å²) in [5.74, 6) is -0.663. The Balaban J connectivity index is -0.0000000605. The van der Waals surface area contributed by atoms with Crippen molar-refractivity contribution >= 4 is 5.97 Å². The van der Waals surface area contributed by atoms with Crippen LogP contribution in [0, 0.1) is 83.5 Å². The largest absolute Gasteiger partial charge is 3.00 e. The number of hydrogen-bond acceptors (Lipinski definition) is 1. The fourth-order valence-electron chi connectivity index (χ4n) is 1.23. The van der Waals surface area contributed by atoms with Crippen LogP contribution in [-0.2, 0) is 21.2 Å². The molecule has 0 spiro atoms. The van der Waals surface area contributed by atoms with Crippen LogP contribution in [0.3, 0.4) is 0 Å². The fourth-order valence-corrected chi connectivity index (χ4v) is 1.23. The monoisotopic (exact) mass is 500 g/mol. The van der Waals surface area contributed by atoms with Gasteiger partial charge in [0.05, 0.1) is 0 Å². The zero-order valence-corrected chi connectivity index (χ0v) is 16.5. The summed E-state index contributed by atoms with van der Waals surface area (Å²) in [5, 5.41) is 8.35. The average Bonchev–Trinajstić information content (AvgIpc) is 2.02. The van der Waals surface area contributed by atoms with E-state index in [2.05, 4.69) is 6.92 Å². The van der Waals surface area contributed by atoms with Crippen LogP contribution >= 0.6 is 0 Å². The summed E-state index contributed by atoms with van der Waals surface area (Å²) in [6, 6.07) is 0. The van der Waals surface area contributed by atoms with E-state index in [1.165, 1.54) is 32.1 Å². The predicted molar refractivity (Wildman–Crippen MR) is 52.3 cm³/mol. The minimum absolute atomic E-state index is 0. The molecule has 5 nitrogen and oxygen atoms in total. The summed E-state index contributed by atoms with van der Waals surface area (Å²) < 4.78 is 0. The summed E-state index contributed by atoms with van der Waals surface area (Å²) in [6.07, 6.45) is 8.64. The van der Waals surface area contributed by atoms with Crippen molar-refractivity contribution in [1.82, 2.24) is 0 Å². The molecule has 0 atom stereocenters. The van der Waals surface area contributed by atoms with Gasteiger partial charge in [0, 0.05) is 6.42 Å². The first kappa shape index (κ1) is 36.5. The van der Waals surface area contributed by atoms with Crippen molar-refractivity contribution in [3.63, 3.8) is 0 Å². The molecule has 7 heteroatoms. The third-order valence-corrected chi connectivity index (χ3v) is 1.99. The van der Waals surface area contributed by atoms with Crippen LogP contribution in [-0.4, -0.2) is 11.1 Å². The van der Waals surface area contributed by atoms with Crippen LogP contribution in [0.25, 0.3) is 0 Å². The molecule has 98 valence electrons. The molecule has 0 rings (SSSR count). The molecule has 2 radical (unpaired) electrons. The average molecular weight is 500 g/mol. The van der Waals surface area contributed by atoms with Gasteiger partial charge in [0.25, 0.3) is 0 Å². The summed E-state index contributed by atoms with van der Waals surface area (Å²) in [6.45, 7) is 2.20. The van der Waals surface area contributed by atoms with Crippen LogP contribution in [0.4, 0.5) is 0 Å². The van der Waals surface area contributed by atoms with E-state index in [9.17, 15) is 4.79 Å². The molecular weight excluding hydrogens is 480 g/mol. The van der Waals surface area contributed by atoms with E-state index in [4.69, 9.17) is 5.11 Å². The topological polar surface area (TPSA) is 123 Å². The van der Waals surface area contributed by atoms with E-state index in [0.29, 0.717) is 6.42 Å². The van der Waals surface area contributed by atoms with Gasteiger partial charge in [0.1, 0.15) is 0 Å². The van der Waals surface area contributed by atoms with Gasteiger partial charge in [-0.25, -0.2) is 0 Å². The molecule has 0 saturated carbocycles. The number of hydrogen-bond donors (Lipinski definition) is 1. The second kappa shape index (κ2) is 30.8. The summed E-state index contributed by atoms with van der Waals surface area (Å²) >= 11 is 0. The van der Waals surface area contributed by atoms with Gasteiger partial charge in [0.15, 0.2) is 0 Å². The van der Waals surface area contributed by atoms with E-state index in [0.717, 1.165) is 12.8 Å².